The number of nitrogens with one attached hydrogen (secondary N) is 1. The van der Waals surface area contributed by atoms with E-state index < -0.39 is 4.87 Å². The maximum Gasteiger partial charge on any atom is 0.253 e. The van der Waals surface area contributed by atoms with Crippen LogP contribution >= 0.6 is 11.8 Å². The molecule has 3 aromatic carbocycles. The number of halogens is 1. The minimum Gasteiger partial charge on any atom is -0.330 e. The maximum absolute atomic E-state index is 13.2. The Morgan fingerprint density at radius 2 is 1.56 bits per heavy atom. The Labute approximate surface area is 150 Å². The van der Waals surface area contributed by atoms with E-state index in [1.54, 1.807) is 23.9 Å². The predicted molar refractivity (Wildman–Crippen MR) is 98.8 cm³/mol. The van der Waals surface area contributed by atoms with Gasteiger partial charge in [-0.3, -0.25) is 4.79 Å². The zero-order valence-electron chi connectivity index (χ0n) is 13.4. The van der Waals surface area contributed by atoms with Gasteiger partial charge in [-0.2, -0.15) is 0 Å². The van der Waals surface area contributed by atoms with Crippen LogP contribution in [0.5, 0.6) is 0 Å². The van der Waals surface area contributed by atoms with Crippen molar-refractivity contribution in [2.24, 2.45) is 0 Å². The Kier molecular flexibility index (Phi) is 4.06. The number of hydrogen-bond donors (Lipinski definition) is 1. The summed E-state index contributed by atoms with van der Waals surface area (Å²) in [5.41, 5.74) is 3.72. The zero-order chi connectivity index (χ0) is 17.3. The van der Waals surface area contributed by atoms with E-state index in [0.29, 0.717) is 11.3 Å². The molecule has 3 aromatic rings. The average molecular weight is 349 g/mol. The lowest BCUT2D eigenvalue weighted by Crippen LogP contribution is -2.37. The van der Waals surface area contributed by atoms with Crippen molar-refractivity contribution in [3.05, 3.63) is 107 Å². The molecule has 0 aliphatic carbocycles. The smallest absolute Gasteiger partial charge is 0.253 e. The molecule has 25 heavy (non-hydrogen) atoms. The van der Waals surface area contributed by atoms with Gasteiger partial charge in [0, 0.05) is 16.9 Å². The second-order valence-corrected chi connectivity index (χ2v) is 7.15. The van der Waals surface area contributed by atoms with E-state index in [2.05, 4.69) is 5.32 Å². The lowest BCUT2D eigenvalue weighted by Gasteiger charge is -2.30. The molecule has 0 fully saturated rings. The highest BCUT2D eigenvalue weighted by atomic mass is 32.2. The first-order chi connectivity index (χ1) is 12.2. The summed E-state index contributed by atoms with van der Waals surface area (Å²) in [5, 5.41) is 3.18. The normalized spacial score (nSPS) is 18.7. The van der Waals surface area contributed by atoms with Crippen molar-refractivity contribution in [1.82, 2.24) is 5.32 Å². The summed E-state index contributed by atoms with van der Waals surface area (Å²) in [6.45, 7) is 0. The Bertz CT molecular complexity index is 911. The molecule has 0 bridgehead atoms. The van der Waals surface area contributed by atoms with E-state index in [4.69, 9.17) is 0 Å². The van der Waals surface area contributed by atoms with Crippen LogP contribution in [0.1, 0.15) is 27.0 Å². The molecule has 0 radical (unpaired) electrons. The number of amides is 1. The van der Waals surface area contributed by atoms with Crippen LogP contribution in [-0.2, 0) is 10.6 Å². The van der Waals surface area contributed by atoms with Gasteiger partial charge in [0.25, 0.3) is 5.91 Å². The van der Waals surface area contributed by atoms with Crippen LogP contribution in [0.3, 0.4) is 0 Å². The molecular weight excluding hydrogens is 333 g/mol. The molecule has 0 spiro atoms. The number of hydrogen-bond acceptors (Lipinski definition) is 2. The highest BCUT2D eigenvalue weighted by Crippen LogP contribution is 2.46. The molecular formula is C21H16FNOS. The SMILES string of the molecule is O=C1N[C@](SCc2ccc(F)cc2)(c2ccccc2)c2ccccc21. The van der Waals surface area contributed by atoms with Crippen LogP contribution in [-0.4, -0.2) is 5.91 Å². The largest absolute Gasteiger partial charge is 0.330 e. The van der Waals surface area contributed by atoms with Crippen molar-refractivity contribution in [2.75, 3.05) is 0 Å². The quantitative estimate of drug-likeness (QED) is 0.739. The summed E-state index contributed by atoms with van der Waals surface area (Å²) < 4.78 is 13.2. The monoisotopic (exact) mass is 349 g/mol. The van der Waals surface area contributed by atoms with Crippen molar-refractivity contribution in [1.29, 1.82) is 0 Å². The van der Waals surface area contributed by atoms with Crippen LogP contribution in [0.15, 0.2) is 78.9 Å². The molecule has 4 heteroatoms. The predicted octanol–water partition coefficient (Wildman–Crippen LogP) is 4.70. The van der Waals surface area contributed by atoms with Crippen LogP contribution < -0.4 is 5.32 Å². The molecule has 1 heterocycles. The number of carbonyl (C=O) groups is 1. The summed E-state index contributed by atoms with van der Waals surface area (Å²) in [5.74, 6) is 0.348. The Morgan fingerprint density at radius 3 is 2.32 bits per heavy atom. The van der Waals surface area contributed by atoms with E-state index in [1.807, 2.05) is 54.6 Å². The first-order valence-corrected chi connectivity index (χ1v) is 9.03. The lowest BCUT2D eigenvalue weighted by atomic mass is 9.98. The number of benzene rings is 3. The van der Waals surface area contributed by atoms with E-state index >= 15 is 0 Å². The molecule has 1 amide bonds. The molecule has 0 aromatic heterocycles. The van der Waals surface area contributed by atoms with E-state index in [1.165, 1.54) is 12.1 Å². The fraction of sp³-hybridized carbons (Fsp3) is 0.0952. The molecule has 4 rings (SSSR count). The zero-order valence-corrected chi connectivity index (χ0v) is 14.2. The first kappa shape index (κ1) is 15.9. The summed E-state index contributed by atoms with van der Waals surface area (Å²) in [4.78, 5) is 11.9. The fourth-order valence-corrected chi connectivity index (χ4v) is 4.53. The minimum absolute atomic E-state index is 0.0638. The Hall–Kier alpha value is -2.59. The van der Waals surface area contributed by atoms with Gasteiger partial charge in [0.1, 0.15) is 10.7 Å². The second kappa shape index (κ2) is 6.37. The first-order valence-electron chi connectivity index (χ1n) is 8.05. The summed E-state index contributed by atoms with van der Waals surface area (Å²) in [6, 6.07) is 24.1. The lowest BCUT2D eigenvalue weighted by molar-refractivity contribution is 0.0956. The maximum atomic E-state index is 13.2. The molecule has 124 valence electrons. The topological polar surface area (TPSA) is 29.1 Å². The number of rotatable bonds is 4. The van der Waals surface area contributed by atoms with Gasteiger partial charge in [0.05, 0.1) is 0 Å². The molecule has 0 unspecified atom stereocenters. The van der Waals surface area contributed by atoms with Gasteiger partial charge < -0.3 is 5.32 Å². The molecule has 1 aliphatic heterocycles. The van der Waals surface area contributed by atoms with Crippen molar-refractivity contribution in [3.63, 3.8) is 0 Å². The van der Waals surface area contributed by atoms with Crippen LogP contribution in [0.25, 0.3) is 0 Å². The summed E-state index contributed by atoms with van der Waals surface area (Å²) in [6.07, 6.45) is 0. The third kappa shape index (κ3) is 2.83. The Balaban J connectivity index is 1.76. The number of carbonyl (C=O) groups excluding carboxylic acids is 1. The van der Waals surface area contributed by atoms with E-state index in [0.717, 1.165) is 16.7 Å². The molecule has 1 N–H and O–H groups in total. The molecule has 0 saturated carbocycles. The van der Waals surface area contributed by atoms with Crippen LogP contribution in [0.2, 0.25) is 0 Å². The van der Waals surface area contributed by atoms with Gasteiger partial charge in [-0.1, -0.05) is 60.7 Å². The van der Waals surface area contributed by atoms with Crippen molar-refractivity contribution in [2.45, 2.75) is 10.6 Å². The summed E-state index contributed by atoms with van der Waals surface area (Å²) >= 11 is 1.64. The molecule has 1 atom stereocenters. The van der Waals surface area contributed by atoms with Crippen molar-refractivity contribution in [3.8, 4) is 0 Å². The average Bonchev–Trinajstić information content (AvgIpc) is 2.96. The molecule has 1 aliphatic rings. The highest BCUT2D eigenvalue weighted by molar-refractivity contribution is 7.99. The van der Waals surface area contributed by atoms with Gasteiger partial charge in [-0.15, -0.1) is 11.8 Å². The Morgan fingerprint density at radius 1 is 0.880 bits per heavy atom. The molecule has 0 saturated heterocycles. The highest BCUT2D eigenvalue weighted by Gasteiger charge is 2.44. The standard InChI is InChI=1S/C21H16FNOS/c22-17-12-10-15(11-13-17)14-25-21(16-6-2-1-3-7-16)19-9-5-4-8-18(19)20(24)23-21/h1-13H,14H2,(H,23,24)/t21-/m0/s1. The number of fused-ring (bicyclic) bond motifs is 1. The van der Waals surface area contributed by atoms with Gasteiger partial charge in [-0.05, 0) is 29.3 Å². The molecule has 2 nitrogen and oxygen atoms in total. The fourth-order valence-electron chi connectivity index (χ4n) is 3.15. The third-order valence-electron chi connectivity index (χ3n) is 4.39. The van der Waals surface area contributed by atoms with Gasteiger partial charge in [-0.25, -0.2) is 4.39 Å². The van der Waals surface area contributed by atoms with Gasteiger partial charge >= 0.3 is 0 Å². The second-order valence-electron chi connectivity index (χ2n) is 5.96. The van der Waals surface area contributed by atoms with Crippen molar-refractivity contribution >= 4 is 17.7 Å². The van der Waals surface area contributed by atoms with Gasteiger partial charge in [0.2, 0.25) is 0 Å². The van der Waals surface area contributed by atoms with E-state index in [9.17, 15) is 9.18 Å². The minimum atomic E-state index is -0.636. The van der Waals surface area contributed by atoms with E-state index in [-0.39, 0.29) is 11.7 Å². The van der Waals surface area contributed by atoms with Crippen LogP contribution in [0.4, 0.5) is 4.39 Å². The van der Waals surface area contributed by atoms with Gasteiger partial charge in [0.15, 0.2) is 0 Å². The summed E-state index contributed by atoms with van der Waals surface area (Å²) in [7, 11) is 0. The number of thioether (sulfide) groups is 1. The van der Waals surface area contributed by atoms with Crippen molar-refractivity contribution < 1.29 is 9.18 Å². The van der Waals surface area contributed by atoms with Crippen LogP contribution in [0, 0.1) is 5.82 Å². The third-order valence-corrected chi connectivity index (χ3v) is 5.86.